The molecule has 0 aliphatic carbocycles. The summed E-state index contributed by atoms with van der Waals surface area (Å²) in [4.78, 5) is 4.51. The van der Waals surface area contributed by atoms with Gasteiger partial charge in [0.05, 0.1) is 18.8 Å². The second-order valence-electron chi connectivity index (χ2n) is 6.52. The Morgan fingerprint density at radius 2 is 2.30 bits per heavy atom. The van der Waals surface area contributed by atoms with E-state index < -0.39 is 6.10 Å². The molecule has 2 atom stereocenters. The van der Waals surface area contributed by atoms with Gasteiger partial charge in [0.15, 0.2) is 0 Å². The normalized spacial score (nSPS) is 21.6. The molecule has 2 heterocycles. The summed E-state index contributed by atoms with van der Waals surface area (Å²) in [5, 5.41) is 13.5. The van der Waals surface area contributed by atoms with Gasteiger partial charge in [-0.1, -0.05) is 26.0 Å². The molecule has 0 saturated carbocycles. The van der Waals surface area contributed by atoms with Gasteiger partial charge in [-0.15, -0.1) is 0 Å². The van der Waals surface area contributed by atoms with Gasteiger partial charge in [0.25, 0.3) is 0 Å². The summed E-state index contributed by atoms with van der Waals surface area (Å²) in [5.41, 5.74) is 1.02. The summed E-state index contributed by atoms with van der Waals surface area (Å²) in [6.07, 6.45) is 4.26. The van der Waals surface area contributed by atoms with Crippen LogP contribution in [0.1, 0.15) is 26.3 Å². The van der Waals surface area contributed by atoms with Crippen LogP contribution in [0.15, 0.2) is 36.7 Å². The molecule has 0 amide bonds. The molecule has 1 aromatic heterocycles. The third-order valence-electron chi connectivity index (χ3n) is 4.12. The lowest BCUT2D eigenvalue weighted by Gasteiger charge is -2.30. The minimum atomic E-state index is -0.392. The van der Waals surface area contributed by atoms with Crippen LogP contribution in [0.5, 0.6) is 5.75 Å². The van der Waals surface area contributed by atoms with Gasteiger partial charge in [-0.2, -0.15) is 0 Å². The van der Waals surface area contributed by atoms with Crippen molar-refractivity contribution in [3.63, 3.8) is 0 Å². The highest BCUT2D eigenvalue weighted by molar-refractivity contribution is 5.58. The predicted molar refractivity (Wildman–Crippen MR) is 90.5 cm³/mol. The number of aliphatic hydroxyl groups excluding tert-OH is 1. The number of hydrogen-bond donors (Lipinski definition) is 2. The number of nitrogens with one attached hydrogen (secondary N) is 1. The van der Waals surface area contributed by atoms with Crippen LogP contribution in [0.25, 0.3) is 11.4 Å². The first-order valence-corrected chi connectivity index (χ1v) is 8.30. The molecule has 124 valence electrons. The fourth-order valence-electron chi connectivity index (χ4n) is 2.94. The molecule has 5 heteroatoms. The number of aromatic nitrogens is 2. The second-order valence-corrected chi connectivity index (χ2v) is 6.52. The average molecular weight is 315 g/mol. The van der Waals surface area contributed by atoms with Crippen molar-refractivity contribution >= 4 is 0 Å². The van der Waals surface area contributed by atoms with E-state index >= 15 is 0 Å². The summed E-state index contributed by atoms with van der Waals surface area (Å²) in [6.45, 7) is 6.51. The van der Waals surface area contributed by atoms with Crippen molar-refractivity contribution in [3.05, 3.63) is 36.7 Å². The van der Waals surface area contributed by atoms with E-state index in [-0.39, 0.29) is 6.04 Å². The molecule has 2 aromatic rings. The van der Waals surface area contributed by atoms with Crippen LogP contribution in [-0.4, -0.2) is 40.5 Å². The Labute approximate surface area is 137 Å². The number of nitrogens with zero attached hydrogens (tertiary/aromatic N) is 2. The third-order valence-corrected chi connectivity index (χ3v) is 4.12. The van der Waals surface area contributed by atoms with E-state index in [1.165, 1.54) is 0 Å². The molecule has 5 nitrogen and oxygen atoms in total. The molecule has 0 bridgehead atoms. The van der Waals surface area contributed by atoms with Crippen LogP contribution in [-0.2, 0) is 0 Å². The standard InChI is InChI=1S/C18H25N3O2/c1-13(2)12-23-15-5-3-4-14(10-15)18-20-8-9-21(18)16-6-7-19-11-17(16)22/h3-5,8-10,13,16-17,19,22H,6-7,11-12H2,1-2H3/t16-,17-/m0/s1. The fraction of sp³-hybridized carbons (Fsp3) is 0.500. The molecule has 23 heavy (non-hydrogen) atoms. The molecule has 3 rings (SSSR count). The maximum Gasteiger partial charge on any atom is 0.140 e. The lowest BCUT2D eigenvalue weighted by Crippen LogP contribution is -2.41. The number of β-amino-alcohol motifs (C(OH)–C–C–N with tert-alkyl or cyclic N) is 1. The predicted octanol–water partition coefficient (Wildman–Crippen LogP) is 2.48. The highest BCUT2D eigenvalue weighted by Crippen LogP contribution is 2.28. The van der Waals surface area contributed by atoms with Gasteiger partial charge in [0.2, 0.25) is 0 Å². The molecule has 1 aliphatic heterocycles. The van der Waals surface area contributed by atoms with Crippen LogP contribution in [0.3, 0.4) is 0 Å². The summed E-state index contributed by atoms with van der Waals surface area (Å²) >= 11 is 0. The quantitative estimate of drug-likeness (QED) is 0.890. The molecular weight excluding hydrogens is 290 g/mol. The molecule has 1 fully saturated rings. The number of imidazole rings is 1. The van der Waals surface area contributed by atoms with Gasteiger partial charge in [0, 0.05) is 24.5 Å². The molecule has 0 unspecified atom stereocenters. The number of benzene rings is 1. The topological polar surface area (TPSA) is 59.3 Å². The number of rotatable bonds is 5. The lowest BCUT2D eigenvalue weighted by atomic mass is 10.0. The van der Waals surface area contributed by atoms with E-state index in [1.807, 2.05) is 30.5 Å². The second kappa shape index (κ2) is 7.15. The lowest BCUT2D eigenvalue weighted by molar-refractivity contribution is 0.0880. The van der Waals surface area contributed by atoms with Gasteiger partial charge in [-0.05, 0) is 31.0 Å². The van der Waals surface area contributed by atoms with E-state index in [1.54, 1.807) is 6.20 Å². The summed E-state index contributed by atoms with van der Waals surface area (Å²) in [7, 11) is 0. The minimum absolute atomic E-state index is 0.0639. The van der Waals surface area contributed by atoms with Crippen LogP contribution in [0, 0.1) is 5.92 Å². The Hall–Kier alpha value is -1.85. The minimum Gasteiger partial charge on any atom is -0.493 e. The summed E-state index contributed by atoms with van der Waals surface area (Å²) in [6, 6.07) is 8.08. The van der Waals surface area contributed by atoms with E-state index in [4.69, 9.17) is 4.74 Å². The van der Waals surface area contributed by atoms with Crippen LogP contribution in [0.2, 0.25) is 0 Å². The molecule has 2 N–H and O–H groups in total. The van der Waals surface area contributed by atoms with E-state index in [9.17, 15) is 5.11 Å². The van der Waals surface area contributed by atoms with E-state index in [0.717, 1.165) is 30.1 Å². The summed E-state index contributed by atoms with van der Waals surface area (Å²) < 4.78 is 7.91. The first-order chi connectivity index (χ1) is 11.1. The largest absolute Gasteiger partial charge is 0.493 e. The maximum atomic E-state index is 10.3. The Morgan fingerprint density at radius 1 is 1.43 bits per heavy atom. The van der Waals surface area contributed by atoms with Crippen molar-refractivity contribution in [2.75, 3.05) is 19.7 Å². The molecule has 0 radical (unpaired) electrons. The molecular formula is C18H25N3O2. The molecule has 1 saturated heterocycles. The maximum absolute atomic E-state index is 10.3. The van der Waals surface area contributed by atoms with Gasteiger partial charge < -0.3 is 19.7 Å². The number of ether oxygens (including phenoxy) is 1. The zero-order valence-corrected chi connectivity index (χ0v) is 13.8. The van der Waals surface area contributed by atoms with Crippen LogP contribution in [0.4, 0.5) is 0 Å². The van der Waals surface area contributed by atoms with Gasteiger partial charge in [-0.25, -0.2) is 4.98 Å². The van der Waals surface area contributed by atoms with Crippen molar-refractivity contribution < 1.29 is 9.84 Å². The van der Waals surface area contributed by atoms with Crippen molar-refractivity contribution in [2.24, 2.45) is 5.92 Å². The SMILES string of the molecule is CC(C)COc1cccc(-c2nccn2[C@H]2CCNC[C@@H]2O)c1. The average Bonchev–Trinajstić information content (AvgIpc) is 3.03. The zero-order chi connectivity index (χ0) is 16.2. The van der Waals surface area contributed by atoms with Crippen molar-refractivity contribution in [2.45, 2.75) is 32.4 Å². The van der Waals surface area contributed by atoms with Gasteiger partial charge in [-0.3, -0.25) is 0 Å². The van der Waals surface area contributed by atoms with Gasteiger partial charge >= 0.3 is 0 Å². The molecule has 0 spiro atoms. The van der Waals surface area contributed by atoms with Gasteiger partial charge in [0.1, 0.15) is 11.6 Å². The third kappa shape index (κ3) is 3.74. The first kappa shape index (κ1) is 16.0. The monoisotopic (exact) mass is 315 g/mol. The highest BCUT2D eigenvalue weighted by Gasteiger charge is 2.26. The summed E-state index contributed by atoms with van der Waals surface area (Å²) in [5.74, 6) is 2.23. The van der Waals surface area contributed by atoms with Crippen LogP contribution >= 0.6 is 0 Å². The van der Waals surface area contributed by atoms with Crippen molar-refractivity contribution in [3.8, 4) is 17.1 Å². The Bertz CT molecular complexity index is 639. The molecule has 1 aliphatic rings. The fourth-order valence-corrected chi connectivity index (χ4v) is 2.94. The Kier molecular flexibility index (Phi) is 4.98. The number of piperidine rings is 1. The molecule has 1 aromatic carbocycles. The van der Waals surface area contributed by atoms with E-state index in [0.29, 0.717) is 19.1 Å². The Balaban J connectivity index is 1.85. The number of hydrogen-bond acceptors (Lipinski definition) is 4. The highest BCUT2D eigenvalue weighted by atomic mass is 16.5. The number of aliphatic hydroxyl groups is 1. The van der Waals surface area contributed by atoms with E-state index in [2.05, 4.69) is 28.7 Å². The first-order valence-electron chi connectivity index (χ1n) is 8.30. The van der Waals surface area contributed by atoms with Crippen molar-refractivity contribution in [1.29, 1.82) is 0 Å². The van der Waals surface area contributed by atoms with Crippen LogP contribution < -0.4 is 10.1 Å². The Morgan fingerprint density at radius 3 is 3.09 bits per heavy atom. The zero-order valence-electron chi connectivity index (χ0n) is 13.8. The smallest absolute Gasteiger partial charge is 0.140 e. The van der Waals surface area contributed by atoms with Crippen molar-refractivity contribution in [1.82, 2.24) is 14.9 Å².